The van der Waals surface area contributed by atoms with Gasteiger partial charge in [-0.1, -0.05) is 37.5 Å². The minimum absolute atomic E-state index is 0.246. The van der Waals surface area contributed by atoms with Gasteiger partial charge in [-0.25, -0.2) is 0 Å². The first kappa shape index (κ1) is 15.0. The molecular weight excluding hydrogens is 327 g/mol. The molecule has 5 heteroatoms. The Morgan fingerprint density at radius 2 is 2.17 bits per heavy atom. The van der Waals surface area contributed by atoms with E-state index in [1.165, 1.54) is 29.7 Å². The van der Waals surface area contributed by atoms with Crippen LogP contribution in [0.25, 0.3) is 10.5 Å². The van der Waals surface area contributed by atoms with Crippen molar-refractivity contribution < 1.29 is 4.79 Å². The van der Waals surface area contributed by atoms with Gasteiger partial charge in [-0.2, -0.15) is 0 Å². The molecule has 2 unspecified atom stereocenters. The van der Waals surface area contributed by atoms with Crippen molar-refractivity contribution in [3.05, 3.63) is 45.7 Å². The summed E-state index contributed by atoms with van der Waals surface area (Å²) < 4.78 is 0. The lowest BCUT2D eigenvalue weighted by Gasteiger charge is -2.36. The number of allylic oxidation sites excluding steroid dienone is 1. The summed E-state index contributed by atoms with van der Waals surface area (Å²) in [5.74, 6) is 0.673. The number of nitrogens with two attached hydrogens (primary N) is 2. The molecule has 0 radical (unpaired) electrons. The topological polar surface area (TPSA) is 69.1 Å². The summed E-state index contributed by atoms with van der Waals surface area (Å²) in [6.45, 7) is 0. The maximum absolute atomic E-state index is 11.3. The van der Waals surface area contributed by atoms with Gasteiger partial charge in [0, 0.05) is 27.6 Å². The van der Waals surface area contributed by atoms with Gasteiger partial charge in [-0.05, 0) is 54.1 Å². The minimum atomic E-state index is -0.246. The molecule has 2 aromatic rings. The van der Waals surface area contributed by atoms with Crippen LogP contribution in [-0.2, 0) is 11.2 Å². The van der Waals surface area contributed by atoms with Crippen LogP contribution in [0.1, 0.15) is 36.0 Å². The highest BCUT2D eigenvalue weighted by Crippen LogP contribution is 2.51. The first-order valence-corrected chi connectivity index (χ1v) is 9.14. The monoisotopic (exact) mass is 344 g/mol. The van der Waals surface area contributed by atoms with Crippen LogP contribution in [0, 0.1) is 5.92 Å². The summed E-state index contributed by atoms with van der Waals surface area (Å²) in [7, 11) is 1.23. The van der Waals surface area contributed by atoms with Crippen LogP contribution < -0.4 is 11.5 Å². The number of hydrogen-bond donors (Lipinski definition) is 2. The van der Waals surface area contributed by atoms with Crippen LogP contribution in [-0.4, -0.2) is 5.91 Å². The third kappa shape index (κ3) is 2.62. The van der Waals surface area contributed by atoms with Crippen molar-refractivity contribution in [2.24, 2.45) is 11.7 Å². The first-order chi connectivity index (χ1) is 11.0. The lowest BCUT2D eigenvalue weighted by molar-refractivity contribution is -0.117. The van der Waals surface area contributed by atoms with Crippen LogP contribution in [0.15, 0.2) is 29.8 Å². The Morgan fingerprint density at radius 3 is 2.96 bits per heavy atom. The third-order valence-corrected chi connectivity index (χ3v) is 6.48. The first-order valence-electron chi connectivity index (χ1n) is 7.86. The third-order valence-electron chi connectivity index (χ3n) is 4.94. The zero-order valence-corrected chi connectivity index (χ0v) is 14.3. The molecule has 1 aromatic carbocycles. The Hall–Kier alpha value is -1.57. The van der Waals surface area contributed by atoms with Crippen molar-refractivity contribution in [2.75, 3.05) is 5.73 Å². The summed E-state index contributed by atoms with van der Waals surface area (Å²) in [4.78, 5) is 11.3. The molecule has 2 aliphatic rings. The smallest absolute Gasteiger partial charge is 0.221 e. The van der Waals surface area contributed by atoms with Crippen molar-refractivity contribution in [2.45, 2.75) is 31.6 Å². The van der Waals surface area contributed by atoms with Gasteiger partial charge in [-0.3, -0.25) is 4.79 Å². The summed E-state index contributed by atoms with van der Waals surface area (Å²) >= 11 is 6.14. The van der Waals surface area contributed by atoms with Crippen LogP contribution >= 0.6 is 19.8 Å². The number of fused-ring (bicyclic) bond motifs is 5. The van der Waals surface area contributed by atoms with Crippen molar-refractivity contribution in [1.29, 1.82) is 0 Å². The zero-order valence-electron chi connectivity index (χ0n) is 12.7. The van der Waals surface area contributed by atoms with Gasteiger partial charge in [0.25, 0.3) is 0 Å². The number of amides is 1. The van der Waals surface area contributed by atoms with Crippen molar-refractivity contribution >= 4 is 41.9 Å². The van der Waals surface area contributed by atoms with Crippen molar-refractivity contribution in [3.63, 3.8) is 0 Å². The highest BCUT2D eigenvalue weighted by molar-refractivity contribution is 7.37. The number of carbonyl (C=O) groups excluding carboxylic acids is 1. The second-order valence-electron chi connectivity index (χ2n) is 6.62. The summed E-state index contributed by atoms with van der Waals surface area (Å²) in [5.41, 5.74) is 15.3. The van der Waals surface area contributed by atoms with E-state index in [0.717, 1.165) is 35.4 Å². The van der Waals surface area contributed by atoms with E-state index in [1.807, 2.05) is 18.2 Å². The van der Waals surface area contributed by atoms with Gasteiger partial charge < -0.3 is 11.5 Å². The summed E-state index contributed by atoms with van der Waals surface area (Å²) in [5, 5.41) is 4.50. The highest BCUT2D eigenvalue weighted by atomic mass is 35.5. The highest BCUT2D eigenvalue weighted by Gasteiger charge is 2.33. The lowest BCUT2D eigenvalue weighted by Crippen LogP contribution is -2.24. The number of anilines is 1. The van der Waals surface area contributed by atoms with Crippen LogP contribution in [0.5, 0.6) is 0 Å². The second kappa shape index (κ2) is 5.51. The van der Waals surface area contributed by atoms with Crippen LogP contribution in [0.2, 0.25) is 5.02 Å². The number of halogens is 1. The number of rotatable bonds is 2. The number of nitrogen functional groups attached to an aromatic ring is 1. The Kier molecular flexibility index (Phi) is 3.59. The van der Waals surface area contributed by atoms with Gasteiger partial charge in [0.2, 0.25) is 5.91 Å². The Bertz CT molecular complexity index is 862. The average molecular weight is 345 g/mol. The maximum Gasteiger partial charge on any atom is 0.221 e. The molecule has 2 aliphatic carbocycles. The second-order valence-corrected chi connectivity index (χ2v) is 8.30. The molecule has 0 spiro atoms. The lowest BCUT2D eigenvalue weighted by atomic mass is 9.71. The molecule has 1 heterocycles. The number of primary amides is 1. The quantitative estimate of drug-likeness (QED) is 0.787. The predicted octanol–water partition coefficient (Wildman–Crippen LogP) is 4.51. The number of carbonyl (C=O) groups is 1. The average Bonchev–Trinajstić information content (AvgIpc) is 2.45. The molecule has 1 amide bonds. The van der Waals surface area contributed by atoms with Gasteiger partial charge >= 0.3 is 0 Å². The molecule has 23 heavy (non-hydrogen) atoms. The molecule has 3 nitrogen and oxygen atoms in total. The standard InChI is InChI=1S/C18H18ClN2OP/c19-12-1-2-13-14(8-12)23-15-6-9-3-10(7-16(20)22)5-11(4-9)17(15)18(13)21/h1-3,8-9,11H,4-7,21H2,(H2,20,22). The van der Waals surface area contributed by atoms with E-state index in [-0.39, 0.29) is 5.91 Å². The normalized spacial score (nSPS) is 22.9. The molecule has 0 saturated carbocycles. The SMILES string of the molecule is NC(=O)CC1=CC2Cc3pc4cc(Cl)ccc4c(N)c3C(C1)C2. The summed E-state index contributed by atoms with van der Waals surface area (Å²) in [6, 6.07) is 5.95. The fraction of sp³-hybridized carbons (Fsp3) is 0.333. The Balaban J connectivity index is 1.82. The Labute approximate surface area is 141 Å². The molecule has 4 rings (SSSR count). The maximum atomic E-state index is 11.3. The van der Waals surface area contributed by atoms with E-state index in [2.05, 4.69) is 6.08 Å². The van der Waals surface area contributed by atoms with E-state index in [1.54, 1.807) is 0 Å². The van der Waals surface area contributed by atoms with Crippen LogP contribution in [0.4, 0.5) is 5.69 Å². The van der Waals surface area contributed by atoms with Gasteiger partial charge in [-0.15, -0.1) is 0 Å². The molecule has 118 valence electrons. The van der Waals surface area contributed by atoms with E-state index in [9.17, 15) is 4.79 Å². The summed E-state index contributed by atoms with van der Waals surface area (Å²) in [6.07, 6.45) is 5.68. The minimum Gasteiger partial charge on any atom is -0.398 e. The molecule has 0 fully saturated rings. The molecular formula is C18H18ClN2OP. The van der Waals surface area contributed by atoms with E-state index in [0.29, 0.717) is 18.3 Å². The number of hydrogen-bond acceptors (Lipinski definition) is 2. The molecule has 4 N–H and O–H groups in total. The van der Waals surface area contributed by atoms with Gasteiger partial charge in [0.05, 0.1) is 0 Å². The molecule has 2 atom stereocenters. The van der Waals surface area contributed by atoms with Crippen LogP contribution in [0.3, 0.4) is 0 Å². The van der Waals surface area contributed by atoms with Crippen molar-refractivity contribution in [1.82, 2.24) is 0 Å². The van der Waals surface area contributed by atoms with E-state index < -0.39 is 0 Å². The fourth-order valence-corrected chi connectivity index (χ4v) is 5.95. The largest absolute Gasteiger partial charge is 0.398 e. The molecule has 2 bridgehead atoms. The van der Waals surface area contributed by atoms with Crippen molar-refractivity contribution in [3.8, 4) is 0 Å². The van der Waals surface area contributed by atoms with E-state index >= 15 is 0 Å². The van der Waals surface area contributed by atoms with Gasteiger partial charge in [0.15, 0.2) is 0 Å². The molecule has 0 aliphatic heterocycles. The fourth-order valence-electron chi connectivity index (χ4n) is 4.14. The molecule has 0 saturated heterocycles. The Morgan fingerprint density at radius 1 is 1.35 bits per heavy atom. The molecule has 1 aromatic heterocycles. The predicted molar refractivity (Wildman–Crippen MR) is 96.9 cm³/mol. The zero-order chi connectivity index (χ0) is 16.1. The van der Waals surface area contributed by atoms with E-state index in [4.69, 9.17) is 23.1 Å². The van der Waals surface area contributed by atoms with Gasteiger partial charge in [0.1, 0.15) is 0 Å². The number of benzene rings is 1.